The number of pyridine rings is 1. The molecule has 1 aromatic heterocycles. The van der Waals surface area contributed by atoms with Gasteiger partial charge in [0.05, 0.1) is 11.3 Å². The van der Waals surface area contributed by atoms with Crippen molar-refractivity contribution in [3.63, 3.8) is 0 Å². The summed E-state index contributed by atoms with van der Waals surface area (Å²) in [5, 5.41) is 11.6. The van der Waals surface area contributed by atoms with Crippen LogP contribution in [0.2, 0.25) is 0 Å². The fourth-order valence-corrected chi connectivity index (χ4v) is 1.16. The smallest absolute Gasteiger partial charge is 0.337 e. The van der Waals surface area contributed by atoms with Gasteiger partial charge in [-0.2, -0.15) is 0 Å². The third-order valence-electron chi connectivity index (χ3n) is 2.11. The second-order valence-electron chi connectivity index (χ2n) is 3.40. The standard InChI is InChI=1S/C10H13N3O3/c1-5-7(10(15)16)3-4-8(12-5)13-6(2)9(11)14/h3-4,6H,1-2H3,(H2,11,14)(H,12,13)(H,15,16). The summed E-state index contributed by atoms with van der Waals surface area (Å²) in [4.78, 5) is 25.5. The number of carbonyl (C=O) groups is 2. The number of aromatic nitrogens is 1. The van der Waals surface area contributed by atoms with Crippen molar-refractivity contribution >= 4 is 17.7 Å². The molecule has 16 heavy (non-hydrogen) atoms. The largest absolute Gasteiger partial charge is 0.478 e. The summed E-state index contributed by atoms with van der Waals surface area (Å²) in [7, 11) is 0. The average molecular weight is 223 g/mol. The van der Waals surface area contributed by atoms with Crippen molar-refractivity contribution in [3.05, 3.63) is 23.4 Å². The van der Waals surface area contributed by atoms with Crippen LogP contribution in [0.25, 0.3) is 0 Å². The first kappa shape index (κ1) is 12.0. The summed E-state index contributed by atoms with van der Waals surface area (Å²) in [5.74, 6) is -1.10. The zero-order valence-electron chi connectivity index (χ0n) is 9.02. The highest BCUT2D eigenvalue weighted by atomic mass is 16.4. The lowest BCUT2D eigenvalue weighted by Gasteiger charge is -2.11. The summed E-state index contributed by atoms with van der Waals surface area (Å²) in [6.45, 7) is 3.19. The van der Waals surface area contributed by atoms with Crippen molar-refractivity contribution < 1.29 is 14.7 Å². The van der Waals surface area contributed by atoms with Gasteiger partial charge in [-0.3, -0.25) is 4.79 Å². The molecule has 1 atom stereocenters. The Balaban J connectivity index is 2.89. The van der Waals surface area contributed by atoms with Crippen LogP contribution in [0.15, 0.2) is 12.1 Å². The topological polar surface area (TPSA) is 105 Å². The third kappa shape index (κ3) is 2.69. The van der Waals surface area contributed by atoms with Crippen molar-refractivity contribution in [2.75, 3.05) is 5.32 Å². The predicted octanol–water partition coefficient (Wildman–Crippen LogP) is 0.374. The molecular weight excluding hydrogens is 210 g/mol. The molecular formula is C10H13N3O3. The van der Waals surface area contributed by atoms with E-state index in [1.807, 2.05) is 0 Å². The van der Waals surface area contributed by atoms with E-state index in [9.17, 15) is 9.59 Å². The normalized spacial score (nSPS) is 11.9. The molecule has 0 bridgehead atoms. The molecule has 0 aliphatic heterocycles. The van der Waals surface area contributed by atoms with Gasteiger partial charge in [-0.05, 0) is 26.0 Å². The van der Waals surface area contributed by atoms with Crippen LogP contribution in [-0.4, -0.2) is 28.0 Å². The molecule has 0 aliphatic carbocycles. The molecule has 1 unspecified atom stereocenters. The summed E-state index contributed by atoms with van der Waals surface area (Å²) in [5.41, 5.74) is 5.60. The first-order chi connectivity index (χ1) is 7.41. The van der Waals surface area contributed by atoms with Gasteiger partial charge in [0.1, 0.15) is 11.9 Å². The highest BCUT2D eigenvalue weighted by Gasteiger charge is 2.11. The number of aromatic carboxylic acids is 1. The van der Waals surface area contributed by atoms with Gasteiger partial charge in [-0.15, -0.1) is 0 Å². The number of amides is 1. The molecule has 6 heteroatoms. The Morgan fingerprint density at radius 2 is 2.12 bits per heavy atom. The molecule has 1 heterocycles. The van der Waals surface area contributed by atoms with Crippen molar-refractivity contribution in [3.8, 4) is 0 Å². The van der Waals surface area contributed by atoms with Crippen LogP contribution in [0.1, 0.15) is 23.0 Å². The van der Waals surface area contributed by atoms with Gasteiger partial charge in [0, 0.05) is 0 Å². The molecule has 1 amide bonds. The van der Waals surface area contributed by atoms with E-state index in [2.05, 4.69) is 10.3 Å². The monoisotopic (exact) mass is 223 g/mol. The first-order valence-corrected chi connectivity index (χ1v) is 4.68. The highest BCUT2D eigenvalue weighted by Crippen LogP contribution is 2.11. The Bertz CT molecular complexity index is 431. The number of rotatable bonds is 4. The first-order valence-electron chi connectivity index (χ1n) is 4.68. The van der Waals surface area contributed by atoms with Gasteiger partial charge >= 0.3 is 5.97 Å². The number of hydrogen-bond donors (Lipinski definition) is 3. The minimum atomic E-state index is -1.03. The zero-order valence-corrected chi connectivity index (χ0v) is 9.02. The van der Waals surface area contributed by atoms with E-state index in [1.165, 1.54) is 12.1 Å². The van der Waals surface area contributed by atoms with Crippen LogP contribution < -0.4 is 11.1 Å². The molecule has 0 aromatic carbocycles. The summed E-state index contributed by atoms with van der Waals surface area (Å²) in [6.07, 6.45) is 0. The van der Waals surface area contributed by atoms with Crippen molar-refractivity contribution in [1.82, 2.24) is 4.98 Å². The number of nitrogens with two attached hydrogens (primary N) is 1. The van der Waals surface area contributed by atoms with Crippen LogP contribution >= 0.6 is 0 Å². The second-order valence-corrected chi connectivity index (χ2v) is 3.40. The van der Waals surface area contributed by atoms with Crippen molar-refractivity contribution in [2.24, 2.45) is 5.73 Å². The lowest BCUT2D eigenvalue weighted by molar-refractivity contribution is -0.118. The minimum Gasteiger partial charge on any atom is -0.478 e. The highest BCUT2D eigenvalue weighted by molar-refractivity contribution is 5.89. The van der Waals surface area contributed by atoms with Crippen molar-refractivity contribution in [2.45, 2.75) is 19.9 Å². The quantitative estimate of drug-likeness (QED) is 0.684. The Labute approximate surface area is 92.5 Å². The molecule has 1 rings (SSSR count). The van der Waals surface area contributed by atoms with Gasteiger partial charge in [0.25, 0.3) is 0 Å². The number of carboxylic acid groups (broad SMARTS) is 1. The molecule has 0 spiro atoms. The Morgan fingerprint density at radius 1 is 1.50 bits per heavy atom. The molecule has 4 N–H and O–H groups in total. The number of nitrogens with zero attached hydrogens (tertiary/aromatic N) is 1. The van der Waals surface area contributed by atoms with Crippen LogP contribution in [-0.2, 0) is 4.79 Å². The van der Waals surface area contributed by atoms with Gasteiger partial charge < -0.3 is 16.2 Å². The Kier molecular flexibility index (Phi) is 3.44. The molecule has 86 valence electrons. The van der Waals surface area contributed by atoms with E-state index in [-0.39, 0.29) is 5.56 Å². The molecule has 1 aromatic rings. The van der Waals surface area contributed by atoms with Crippen molar-refractivity contribution in [1.29, 1.82) is 0 Å². The molecule has 0 saturated heterocycles. The maximum Gasteiger partial charge on any atom is 0.337 e. The maximum absolute atomic E-state index is 10.8. The third-order valence-corrected chi connectivity index (χ3v) is 2.11. The number of aryl methyl sites for hydroxylation is 1. The van der Waals surface area contributed by atoms with Crippen LogP contribution in [0, 0.1) is 6.92 Å². The molecule has 6 nitrogen and oxygen atoms in total. The second kappa shape index (κ2) is 4.61. The molecule has 0 radical (unpaired) electrons. The predicted molar refractivity (Wildman–Crippen MR) is 58.2 cm³/mol. The fourth-order valence-electron chi connectivity index (χ4n) is 1.16. The average Bonchev–Trinajstić information content (AvgIpc) is 2.16. The number of carboxylic acids is 1. The van der Waals surface area contributed by atoms with E-state index < -0.39 is 17.9 Å². The fraction of sp³-hybridized carbons (Fsp3) is 0.300. The van der Waals surface area contributed by atoms with Gasteiger partial charge in [-0.1, -0.05) is 0 Å². The van der Waals surface area contributed by atoms with E-state index in [0.717, 1.165) is 0 Å². The van der Waals surface area contributed by atoms with Gasteiger partial charge in [0.2, 0.25) is 5.91 Å². The van der Waals surface area contributed by atoms with E-state index in [4.69, 9.17) is 10.8 Å². The Morgan fingerprint density at radius 3 is 2.56 bits per heavy atom. The summed E-state index contributed by atoms with van der Waals surface area (Å²) >= 11 is 0. The maximum atomic E-state index is 10.8. The number of primary amides is 1. The minimum absolute atomic E-state index is 0.136. The number of carbonyl (C=O) groups excluding carboxylic acids is 1. The van der Waals surface area contributed by atoms with Gasteiger partial charge in [-0.25, -0.2) is 9.78 Å². The van der Waals surface area contributed by atoms with Crippen LogP contribution in [0.4, 0.5) is 5.82 Å². The number of nitrogens with one attached hydrogen (secondary N) is 1. The number of anilines is 1. The van der Waals surface area contributed by atoms with Crippen LogP contribution in [0.5, 0.6) is 0 Å². The molecule has 0 fully saturated rings. The SMILES string of the molecule is Cc1nc(NC(C)C(N)=O)ccc1C(=O)O. The molecule has 0 saturated carbocycles. The number of hydrogen-bond acceptors (Lipinski definition) is 4. The summed E-state index contributed by atoms with van der Waals surface area (Å²) < 4.78 is 0. The lowest BCUT2D eigenvalue weighted by Crippen LogP contribution is -2.32. The van der Waals surface area contributed by atoms with E-state index >= 15 is 0 Å². The summed E-state index contributed by atoms with van der Waals surface area (Å²) in [6, 6.07) is 2.37. The lowest BCUT2D eigenvalue weighted by atomic mass is 10.2. The van der Waals surface area contributed by atoms with E-state index in [0.29, 0.717) is 11.5 Å². The van der Waals surface area contributed by atoms with E-state index in [1.54, 1.807) is 13.8 Å². The van der Waals surface area contributed by atoms with Gasteiger partial charge in [0.15, 0.2) is 0 Å². The molecule has 0 aliphatic rings. The van der Waals surface area contributed by atoms with Crippen LogP contribution in [0.3, 0.4) is 0 Å². The Hall–Kier alpha value is -2.11. The zero-order chi connectivity index (χ0) is 12.3.